The molecule has 4 aromatic carbocycles. The van der Waals surface area contributed by atoms with E-state index in [2.05, 4.69) is 0 Å². The highest BCUT2D eigenvalue weighted by atomic mass is 32.2. The van der Waals surface area contributed by atoms with Gasteiger partial charge in [-0.05, 0) is 105 Å². The van der Waals surface area contributed by atoms with Crippen molar-refractivity contribution in [1.29, 1.82) is 0 Å². The molecule has 4 aromatic rings. The van der Waals surface area contributed by atoms with E-state index < -0.39 is 109 Å². The normalized spacial score (nSPS) is 19.5. The molecule has 0 aromatic heterocycles. The molecule has 0 aliphatic carbocycles. The summed E-state index contributed by atoms with van der Waals surface area (Å²) in [5.41, 5.74) is -1.18. The minimum Gasteiger partial charge on any atom is -0.744 e. The summed E-state index contributed by atoms with van der Waals surface area (Å²) in [5.74, 6) is -2.61. The molecule has 0 spiro atoms. The lowest BCUT2D eigenvalue weighted by Gasteiger charge is -2.31. The number of allylic oxidation sites excluding steroid dienone is 4. The maximum Gasteiger partial charge on any atom is 0.303 e. The molecule has 6 rings (SSSR count). The number of benzene rings is 4. The Bertz CT molecular complexity index is 3720. The molecule has 400 valence electrons. The number of methoxy groups -OCH3 is 1. The summed E-state index contributed by atoms with van der Waals surface area (Å²) in [4.78, 5) is 9.48. The van der Waals surface area contributed by atoms with Gasteiger partial charge in [0.25, 0.3) is 50.6 Å². The van der Waals surface area contributed by atoms with Gasteiger partial charge in [-0.25, -0.2) is 8.42 Å². The molecule has 2 aliphatic heterocycles. The number of hydrogen-bond donors (Lipinski definition) is 6. The van der Waals surface area contributed by atoms with Crippen LogP contribution < -0.4 is 4.90 Å². The number of hydrogen-bond acceptors (Lipinski definition) is 16. The Kier molecular flexibility index (Phi) is 16.3. The van der Waals surface area contributed by atoms with Crippen LogP contribution in [0.25, 0.3) is 21.5 Å². The van der Waals surface area contributed by atoms with Crippen molar-refractivity contribution in [3.8, 4) is 0 Å². The Morgan fingerprint density at radius 3 is 1.78 bits per heavy atom. The van der Waals surface area contributed by atoms with Gasteiger partial charge in [0.2, 0.25) is 5.69 Å². The number of carboxylic acid groups (broad SMARTS) is 1. The van der Waals surface area contributed by atoms with Crippen LogP contribution in [-0.4, -0.2) is 137 Å². The Morgan fingerprint density at radius 1 is 0.671 bits per heavy atom. The van der Waals surface area contributed by atoms with Crippen LogP contribution in [0, 0.1) is 0 Å². The van der Waals surface area contributed by atoms with Crippen molar-refractivity contribution in [1.82, 2.24) is 0 Å². The average Bonchev–Trinajstić information content (AvgIpc) is 3.63. The van der Waals surface area contributed by atoms with E-state index in [0.29, 0.717) is 41.9 Å². The maximum atomic E-state index is 12.8. The predicted molar refractivity (Wildman–Crippen MR) is 264 cm³/mol. The zero-order valence-electron chi connectivity index (χ0n) is 39.2. The fraction of sp³-hybridized carbons (Fsp3) is 0.409. The second-order valence-corrected chi connectivity index (χ2v) is 26.8. The van der Waals surface area contributed by atoms with Crippen LogP contribution in [0.2, 0.25) is 0 Å². The zero-order valence-corrected chi connectivity index (χ0v) is 44.1. The van der Waals surface area contributed by atoms with Gasteiger partial charge in [0.05, 0.1) is 31.6 Å². The van der Waals surface area contributed by atoms with E-state index in [1.165, 1.54) is 37.5 Å². The highest BCUT2D eigenvalue weighted by molar-refractivity contribution is 7.87. The highest BCUT2D eigenvalue weighted by Crippen LogP contribution is 2.54. The molecule has 0 amide bonds. The lowest BCUT2D eigenvalue weighted by Crippen LogP contribution is -2.33. The highest BCUT2D eigenvalue weighted by Gasteiger charge is 2.50. The fourth-order valence-corrected chi connectivity index (χ4v) is 13.6. The second kappa shape index (κ2) is 20.8. The Morgan fingerprint density at radius 2 is 1.23 bits per heavy atom. The van der Waals surface area contributed by atoms with Gasteiger partial charge in [0, 0.05) is 78.4 Å². The first-order valence-electron chi connectivity index (χ1n) is 22.1. The standard InChI is InChI=1S/C44H52N2O21S6/c1-43(17-8-22-68(49,50)51)38(46(20-9-23-69(52,53)54)34-15-13-30-32(41(34)43)24-28(70(55,56)57)26-36(30)72(61,62)63)10-7-11-39-44(2,18-21-67-3)42-33-25-29(71(58,59)60)27-37(73(64,65)66)31(33)14-16-35(42)45(39)19-6-4-5-12-40(47)48/h7,10-11,13-16,24-27H,4-6,8-9,12,17-23H2,1-3H3,(H6-,47,48,49,50,51,52,53,54,55,56,57,58,59,60,61,62,63,64,65,66). The third-order valence-electron chi connectivity index (χ3n) is 13.1. The average molecular weight is 1140 g/mol. The second-order valence-electron chi connectivity index (χ2n) is 18.1. The largest absolute Gasteiger partial charge is 0.744 e. The van der Waals surface area contributed by atoms with Crippen molar-refractivity contribution in [3.63, 3.8) is 0 Å². The molecule has 2 atom stereocenters. The van der Waals surface area contributed by atoms with Crippen molar-refractivity contribution in [3.05, 3.63) is 83.6 Å². The topological polar surface area (TPSA) is 382 Å². The Hall–Kier alpha value is -4.76. The summed E-state index contributed by atoms with van der Waals surface area (Å²) in [7, 11) is -28.7. The van der Waals surface area contributed by atoms with E-state index in [9.17, 15) is 87.7 Å². The van der Waals surface area contributed by atoms with Gasteiger partial charge in [-0.15, -0.1) is 0 Å². The molecule has 2 heterocycles. The molecule has 2 aliphatic rings. The fourth-order valence-electron chi connectivity index (χ4n) is 9.98. The number of ether oxygens (including phenoxy) is 1. The van der Waals surface area contributed by atoms with E-state index in [0.717, 1.165) is 12.1 Å². The summed E-state index contributed by atoms with van der Waals surface area (Å²) in [6.07, 6.45) is 4.89. The number of carboxylic acids is 1. The molecule has 6 N–H and O–H groups in total. The molecule has 29 heteroatoms. The smallest absolute Gasteiger partial charge is 0.303 e. The molecule has 73 heavy (non-hydrogen) atoms. The first-order chi connectivity index (χ1) is 33.5. The third kappa shape index (κ3) is 12.5. The molecule has 23 nitrogen and oxygen atoms in total. The molecule has 2 unspecified atom stereocenters. The van der Waals surface area contributed by atoms with Crippen molar-refractivity contribution in [2.45, 2.75) is 95.6 Å². The number of anilines is 1. The number of fused-ring (bicyclic) bond motifs is 6. The number of unbranched alkanes of at least 4 members (excludes halogenated alkanes) is 2. The summed E-state index contributed by atoms with van der Waals surface area (Å²) in [5, 5.41) is 8.68. The van der Waals surface area contributed by atoms with Crippen LogP contribution >= 0.6 is 0 Å². The first kappa shape index (κ1) is 57.5. The molecule has 0 saturated carbocycles. The van der Waals surface area contributed by atoms with Crippen LogP contribution in [0.1, 0.15) is 76.3 Å². The van der Waals surface area contributed by atoms with Gasteiger partial charge >= 0.3 is 5.97 Å². The summed E-state index contributed by atoms with van der Waals surface area (Å²) in [6, 6.07) is 8.50. The summed E-state index contributed by atoms with van der Waals surface area (Å²) in [6.45, 7) is 3.27. The van der Waals surface area contributed by atoms with Gasteiger partial charge in [-0.1, -0.05) is 18.6 Å². The predicted octanol–water partition coefficient (Wildman–Crippen LogP) is 4.84. The van der Waals surface area contributed by atoms with E-state index in [-0.39, 0.29) is 96.7 Å². The van der Waals surface area contributed by atoms with Crippen molar-refractivity contribution >= 4 is 105 Å². The molecule has 0 saturated heterocycles. The lowest BCUT2D eigenvalue weighted by atomic mass is 9.74. The third-order valence-corrected chi connectivity index (χ3v) is 18.1. The van der Waals surface area contributed by atoms with Gasteiger partial charge < -0.3 is 19.3 Å². The first-order valence-corrected chi connectivity index (χ1v) is 31.0. The molecule has 0 fully saturated rings. The number of rotatable bonds is 23. The number of nitrogens with zero attached hydrogens (tertiary/aromatic N) is 2. The van der Waals surface area contributed by atoms with Crippen molar-refractivity contribution in [2.24, 2.45) is 0 Å². The quantitative estimate of drug-likeness (QED) is 0.0329. The van der Waals surface area contributed by atoms with Crippen LogP contribution in [0.5, 0.6) is 0 Å². The van der Waals surface area contributed by atoms with E-state index >= 15 is 0 Å². The van der Waals surface area contributed by atoms with Crippen molar-refractivity contribution < 1.29 is 97.0 Å². The monoisotopic (exact) mass is 1140 g/mol. The molecule has 0 bridgehead atoms. The van der Waals surface area contributed by atoms with Crippen molar-refractivity contribution in [2.75, 3.05) is 43.2 Å². The zero-order chi connectivity index (χ0) is 54.5. The van der Waals surface area contributed by atoms with Crippen LogP contribution in [-0.2, 0) is 81.1 Å². The Balaban J connectivity index is 1.68. The number of aliphatic carboxylic acids is 1. The summed E-state index contributed by atoms with van der Waals surface area (Å²) < 4.78 is 220. The van der Waals surface area contributed by atoms with E-state index in [1.807, 2.05) is 4.90 Å². The van der Waals surface area contributed by atoms with Crippen LogP contribution in [0.15, 0.2) is 92.0 Å². The molecular weight excluding hydrogens is 1080 g/mol. The molecule has 0 radical (unpaired) electrons. The summed E-state index contributed by atoms with van der Waals surface area (Å²) >= 11 is 0. The number of carbonyl (C=O) groups is 1. The van der Waals surface area contributed by atoms with E-state index in [1.54, 1.807) is 30.6 Å². The van der Waals surface area contributed by atoms with Crippen LogP contribution in [0.3, 0.4) is 0 Å². The van der Waals surface area contributed by atoms with Gasteiger partial charge in [0.15, 0.2) is 5.71 Å². The minimum atomic E-state index is -5.48. The lowest BCUT2D eigenvalue weighted by molar-refractivity contribution is -0.437. The van der Waals surface area contributed by atoms with Gasteiger partial charge in [-0.3, -0.25) is 27.6 Å². The van der Waals surface area contributed by atoms with Crippen LogP contribution in [0.4, 0.5) is 11.4 Å². The maximum absolute atomic E-state index is 12.8. The minimum absolute atomic E-state index is 0.00486. The van der Waals surface area contributed by atoms with Gasteiger partial charge in [-0.2, -0.15) is 46.7 Å². The molecular formula is C44H52N2O21S6. The SMILES string of the molecule is COCCC1(C)C(=CC=CC2=[N+](CCCS(=O)(=O)O)c3ccc4c(S(=O)(=O)[O-])cc(S(=O)(=O)O)cc4c3C2(C)CCCS(=O)(=O)O)N(CCCCCC(=O)O)c2ccc3c(S(=O)(=O)O)cc(S(=O)(=O)O)cc3c21. The van der Waals surface area contributed by atoms with E-state index in [4.69, 9.17) is 4.74 Å². The Labute approximate surface area is 422 Å². The van der Waals surface area contributed by atoms with Gasteiger partial charge in [0.1, 0.15) is 21.6 Å².